The Morgan fingerprint density at radius 2 is 1.72 bits per heavy atom. The van der Waals surface area contributed by atoms with E-state index < -0.39 is 10.0 Å². The predicted molar refractivity (Wildman–Crippen MR) is 136 cm³/mol. The zero-order valence-electron chi connectivity index (χ0n) is 17.0. The highest BCUT2D eigenvalue weighted by molar-refractivity contribution is 14.1. The standard InChI is InChI=1S/C22H20IN3O4S2/c1-30-20-12-7-16(13-19(20)23)21(27)26-22(31)25-17-8-10-18(11-9-17)32(28,29)24-14-15-5-3-2-4-6-15/h2-13,24H,14H2,1H3,(H2,25,26,27,31). The van der Waals surface area contributed by atoms with Crippen LogP contribution < -0.4 is 20.1 Å². The van der Waals surface area contributed by atoms with Gasteiger partial charge in [0, 0.05) is 17.8 Å². The van der Waals surface area contributed by atoms with Crippen LogP contribution in [0.15, 0.2) is 77.7 Å². The summed E-state index contributed by atoms with van der Waals surface area (Å²) in [4.78, 5) is 12.5. The van der Waals surface area contributed by atoms with Gasteiger partial charge in [-0.05, 0) is 82.8 Å². The molecule has 0 saturated heterocycles. The SMILES string of the molecule is COc1ccc(C(=O)NC(=S)Nc2ccc(S(=O)(=O)NCc3ccccc3)cc2)cc1I. The first kappa shape index (κ1) is 24.1. The fourth-order valence-corrected chi connectivity index (χ4v) is 4.68. The predicted octanol–water partition coefficient (Wildman–Crippen LogP) is 3.91. The number of hydrogen-bond acceptors (Lipinski definition) is 5. The summed E-state index contributed by atoms with van der Waals surface area (Å²) in [5.41, 5.74) is 1.84. The molecule has 0 saturated carbocycles. The van der Waals surface area contributed by atoms with Crippen molar-refractivity contribution < 1.29 is 17.9 Å². The van der Waals surface area contributed by atoms with E-state index in [1.54, 1.807) is 37.4 Å². The number of methoxy groups -OCH3 is 1. The Labute approximate surface area is 205 Å². The number of carbonyl (C=O) groups is 1. The highest BCUT2D eigenvalue weighted by Crippen LogP contribution is 2.21. The number of nitrogens with one attached hydrogen (secondary N) is 3. The number of sulfonamides is 1. The molecule has 0 heterocycles. The molecule has 0 aliphatic heterocycles. The summed E-state index contributed by atoms with van der Waals surface area (Å²) in [6.45, 7) is 0.198. The van der Waals surface area contributed by atoms with Crippen LogP contribution in [0.1, 0.15) is 15.9 Å². The normalized spacial score (nSPS) is 10.9. The molecule has 0 aliphatic rings. The molecule has 3 rings (SSSR count). The maximum absolute atomic E-state index is 12.5. The van der Waals surface area contributed by atoms with E-state index in [9.17, 15) is 13.2 Å². The second-order valence-electron chi connectivity index (χ2n) is 6.59. The Balaban J connectivity index is 1.58. The summed E-state index contributed by atoms with van der Waals surface area (Å²) >= 11 is 7.28. The zero-order chi connectivity index (χ0) is 23.1. The fourth-order valence-electron chi connectivity index (χ4n) is 2.72. The molecule has 7 nitrogen and oxygen atoms in total. The Bertz CT molecular complexity index is 1220. The molecule has 0 aliphatic carbocycles. The second kappa shape index (κ2) is 10.9. The maximum atomic E-state index is 12.5. The summed E-state index contributed by atoms with van der Waals surface area (Å²) < 4.78 is 33.5. The number of benzene rings is 3. The summed E-state index contributed by atoms with van der Waals surface area (Å²) in [6, 6.07) is 20.4. The molecule has 3 N–H and O–H groups in total. The van der Waals surface area contributed by atoms with E-state index in [2.05, 4.69) is 37.9 Å². The minimum Gasteiger partial charge on any atom is -0.496 e. The van der Waals surface area contributed by atoms with Gasteiger partial charge < -0.3 is 10.1 Å². The molecule has 166 valence electrons. The molecule has 1 amide bonds. The maximum Gasteiger partial charge on any atom is 0.257 e. The third-order valence-electron chi connectivity index (χ3n) is 4.37. The Morgan fingerprint density at radius 1 is 1.03 bits per heavy atom. The van der Waals surface area contributed by atoms with Crippen molar-refractivity contribution in [3.8, 4) is 5.75 Å². The molecule has 32 heavy (non-hydrogen) atoms. The van der Waals surface area contributed by atoms with Crippen molar-refractivity contribution >= 4 is 61.5 Å². The first-order valence-electron chi connectivity index (χ1n) is 9.38. The van der Waals surface area contributed by atoms with E-state index in [0.717, 1.165) is 9.13 Å². The first-order valence-corrected chi connectivity index (χ1v) is 12.3. The van der Waals surface area contributed by atoms with Crippen LogP contribution in [-0.4, -0.2) is 26.5 Å². The monoisotopic (exact) mass is 581 g/mol. The van der Waals surface area contributed by atoms with E-state index in [4.69, 9.17) is 17.0 Å². The molecular weight excluding hydrogens is 561 g/mol. The van der Waals surface area contributed by atoms with Crippen LogP contribution in [0.25, 0.3) is 0 Å². The van der Waals surface area contributed by atoms with E-state index in [-0.39, 0.29) is 22.5 Å². The van der Waals surface area contributed by atoms with Gasteiger partial charge in [0.2, 0.25) is 10.0 Å². The number of anilines is 1. The van der Waals surface area contributed by atoms with Crippen LogP contribution in [0.4, 0.5) is 5.69 Å². The van der Waals surface area contributed by atoms with Crippen LogP contribution in [0.2, 0.25) is 0 Å². The van der Waals surface area contributed by atoms with Gasteiger partial charge in [0.05, 0.1) is 15.6 Å². The Kier molecular flexibility index (Phi) is 8.18. The van der Waals surface area contributed by atoms with Gasteiger partial charge in [-0.1, -0.05) is 30.3 Å². The highest BCUT2D eigenvalue weighted by atomic mass is 127. The van der Waals surface area contributed by atoms with Gasteiger partial charge in [-0.3, -0.25) is 10.1 Å². The van der Waals surface area contributed by atoms with Gasteiger partial charge >= 0.3 is 0 Å². The summed E-state index contributed by atoms with van der Waals surface area (Å²) in [5.74, 6) is 0.309. The number of hydrogen-bond donors (Lipinski definition) is 3. The first-order chi connectivity index (χ1) is 15.3. The van der Waals surface area contributed by atoms with Crippen molar-refractivity contribution in [1.29, 1.82) is 0 Å². The van der Waals surface area contributed by atoms with Crippen LogP contribution in [0, 0.1) is 3.57 Å². The minimum absolute atomic E-state index is 0.0960. The average molecular weight is 581 g/mol. The second-order valence-corrected chi connectivity index (χ2v) is 9.93. The lowest BCUT2D eigenvalue weighted by atomic mass is 10.2. The van der Waals surface area contributed by atoms with Crippen molar-refractivity contribution in [3.05, 3.63) is 87.5 Å². The molecule has 0 unspecified atom stereocenters. The van der Waals surface area contributed by atoms with Crippen LogP contribution in [0.3, 0.4) is 0 Å². The van der Waals surface area contributed by atoms with Crippen molar-refractivity contribution in [1.82, 2.24) is 10.0 Å². The van der Waals surface area contributed by atoms with E-state index >= 15 is 0 Å². The van der Waals surface area contributed by atoms with Gasteiger partial charge in [0.1, 0.15) is 5.75 Å². The topological polar surface area (TPSA) is 96.5 Å². The third kappa shape index (κ3) is 6.48. The van der Waals surface area contributed by atoms with Gasteiger partial charge in [0.15, 0.2) is 5.11 Å². The third-order valence-corrected chi connectivity index (χ3v) is 6.84. The molecule has 0 bridgehead atoms. The molecule has 10 heteroatoms. The van der Waals surface area contributed by atoms with Crippen molar-refractivity contribution in [2.24, 2.45) is 0 Å². The number of amides is 1. The molecule has 0 aromatic heterocycles. The Hall–Kier alpha value is -2.54. The lowest BCUT2D eigenvalue weighted by molar-refractivity contribution is 0.0977. The molecule has 0 fully saturated rings. The smallest absolute Gasteiger partial charge is 0.257 e. The fraction of sp³-hybridized carbons (Fsp3) is 0.0909. The van der Waals surface area contributed by atoms with Crippen LogP contribution in [0.5, 0.6) is 5.75 Å². The lowest BCUT2D eigenvalue weighted by Crippen LogP contribution is -2.34. The molecular formula is C22H20IN3O4S2. The van der Waals surface area contributed by atoms with Crippen molar-refractivity contribution in [2.75, 3.05) is 12.4 Å². The Morgan fingerprint density at radius 3 is 2.34 bits per heavy atom. The minimum atomic E-state index is -3.66. The van der Waals surface area contributed by atoms with Gasteiger partial charge in [-0.25, -0.2) is 13.1 Å². The average Bonchev–Trinajstić information content (AvgIpc) is 2.78. The highest BCUT2D eigenvalue weighted by Gasteiger charge is 2.14. The lowest BCUT2D eigenvalue weighted by Gasteiger charge is -2.11. The van der Waals surface area contributed by atoms with Crippen LogP contribution >= 0.6 is 34.8 Å². The largest absolute Gasteiger partial charge is 0.496 e. The van der Waals surface area contributed by atoms with Crippen molar-refractivity contribution in [3.63, 3.8) is 0 Å². The molecule has 0 spiro atoms. The quantitative estimate of drug-likeness (QED) is 0.290. The molecule has 0 radical (unpaired) electrons. The van der Waals surface area contributed by atoms with Crippen LogP contribution in [-0.2, 0) is 16.6 Å². The number of halogens is 1. The number of ether oxygens (including phenoxy) is 1. The van der Waals surface area contributed by atoms with E-state index in [0.29, 0.717) is 17.0 Å². The summed E-state index contributed by atoms with van der Waals surface area (Å²) in [7, 11) is -2.10. The van der Waals surface area contributed by atoms with E-state index in [1.165, 1.54) is 12.1 Å². The molecule has 3 aromatic rings. The van der Waals surface area contributed by atoms with Gasteiger partial charge in [-0.15, -0.1) is 0 Å². The number of rotatable bonds is 7. The van der Waals surface area contributed by atoms with Gasteiger partial charge in [0.25, 0.3) is 5.91 Å². The van der Waals surface area contributed by atoms with E-state index in [1.807, 2.05) is 30.3 Å². The summed E-state index contributed by atoms with van der Waals surface area (Å²) in [5, 5.41) is 5.57. The molecule has 3 aromatic carbocycles. The zero-order valence-corrected chi connectivity index (χ0v) is 20.8. The number of carbonyl (C=O) groups excluding carboxylic acids is 1. The van der Waals surface area contributed by atoms with Crippen molar-refractivity contribution in [2.45, 2.75) is 11.4 Å². The van der Waals surface area contributed by atoms with Gasteiger partial charge in [-0.2, -0.15) is 0 Å². The summed E-state index contributed by atoms with van der Waals surface area (Å²) in [6.07, 6.45) is 0. The number of thiocarbonyl (C=S) groups is 1. The molecule has 0 atom stereocenters.